The minimum Gasteiger partial charge on any atom is -0.493 e. The van der Waals surface area contributed by atoms with Gasteiger partial charge in [-0.2, -0.15) is 0 Å². The second-order valence-electron chi connectivity index (χ2n) is 6.55. The molecule has 160 valence electrons. The highest BCUT2D eigenvalue weighted by atomic mass is 16.5. The van der Waals surface area contributed by atoms with Crippen LogP contribution in [0.3, 0.4) is 0 Å². The lowest BCUT2D eigenvalue weighted by molar-refractivity contribution is -0.132. The zero-order chi connectivity index (χ0) is 21.8. The second-order valence-corrected chi connectivity index (χ2v) is 6.55. The number of amides is 1. The molecule has 0 aliphatic carbocycles. The van der Waals surface area contributed by atoms with Gasteiger partial charge in [0.25, 0.3) is 5.91 Å². The summed E-state index contributed by atoms with van der Waals surface area (Å²) in [4.78, 5) is 12.4. The van der Waals surface area contributed by atoms with Gasteiger partial charge in [-0.3, -0.25) is 4.79 Å². The number of carbonyl (C=O) groups is 1. The van der Waals surface area contributed by atoms with E-state index in [4.69, 9.17) is 25.4 Å². The van der Waals surface area contributed by atoms with E-state index in [1.54, 1.807) is 7.11 Å². The van der Waals surface area contributed by atoms with Crippen LogP contribution in [0.25, 0.3) is 0 Å². The van der Waals surface area contributed by atoms with Crippen molar-refractivity contribution in [3.8, 4) is 29.6 Å². The molecule has 2 aromatic rings. The minimum absolute atomic E-state index is 0.142. The van der Waals surface area contributed by atoms with Gasteiger partial charge in [-0.25, -0.2) is 0 Å². The van der Waals surface area contributed by atoms with Crippen molar-refractivity contribution in [3.05, 3.63) is 53.6 Å². The lowest BCUT2D eigenvalue weighted by atomic mass is 10.1. The summed E-state index contributed by atoms with van der Waals surface area (Å²) in [7, 11) is 3.07. The summed E-state index contributed by atoms with van der Waals surface area (Å²) in [6.07, 6.45) is 6.13. The lowest BCUT2D eigenvalue weighted by Gasteiger charge is -2.16. The van der Waals surface area contributed by atoms with E-state index in [9.17, 15) is 4.79 Å². The summed E-state index contributed by atoms with van der Waals surface area (Å²) in [6.45, 7) is 2.87. The number of methoxy groups -OCH3 is 2. The number of carbonyl (C=O) groups excluding carboxylic acids is 1. The van der Waals surface area contributed by atoms with Crippen molar-refractivity contribution >= 4 is 5.91 Å². The summed E-state index contributed by atoms with van der Waals surface area (Å²) in [5.41, 5.74) is 2.23. The van der Waals surface area contributed by atoms with E-state index in [0.29, 0.717) is 30.2 Å². The third-order valence-corrected chi connectivity index (χ3v) is 4.56. The highest BCUT2D eigenvalue weighted by Gasteiger charge is 2.18. The summed E-state index contributed by atoms with van der Waals surface area (Å²) in [6, 6.07) is 13.4. The van der Waals surface area contributed by atoms with Crippen molar-refractivity contribution in [1.29, 1.82) is 0 Å². The first-order chi connectivity index (χ1) is 14.6. The molecule has 30 heavy (non-hydrogen) atoms. The Morgan fingerprint density at radius 3 is 2.43 bits per heavy atom. The highest BCUT2D eigenvalue weighted by molar-refractivity contribution is 5.80. The number of terminal acetylenes is 1. The van der Waals surface area contributed by atoms with E-state index in [1.165, 1.54) is 12.7 Å². The average Bonchev–Trinajstić information content (AvgIpc) is 2.78. The van der Waals surface area contributed by atoms with E-state index in [1.807, 2.05) is 42.5 Å². The van der Waals surface area contributed by atoms with Crippen LogP contribution in [-0.2, 0) is 22.4 Å². The number of hydrogen-bond donors (Lipinski definition) is 1. The van der Waals surface area contributed by atoms with Gasteiger partial charge in [-0.15, -0.1) is 6.42 Å². The van der Waals surface area contributed by atoms with E-state index >= 15 is 0 Å². The highest BCUT2D eigenvalue weighted by Crippen LogP contribution is 2.28. The fourth-order valence-corrected chi connectivity index (χ4v) is 2.79. The van der Waals surface area contributed by atoms with E-state index in [-0.39, 0.29) is 19.1 Å². The smallest absolute Gasteiger partial charge is 0.252 e. The van der Waals surface area contributed by atoms with E-state index in [2.05, 4.69) is 18.2 Å². The Labute approximate surface area is 178 Å². The summed E-state index contributed by atoms with van der Waals surface area (Å²) in [5.74, 6) is 4.11. The Kier molecular flexibility index (Phi) is 9.56. The molecule has 6 heteroatoms. The number of rotatable bonds is 12. The Bertz CT molecular complexity index is 842. The quantitative estimate of drug-likeness (QED) is 0.544. The zero-order valence-corrected chi connectivity index (χ0v) is 17.8. The summed E-state index contributed by atoms with van der Waals surface area (Å²) < 4.78 is 21.7. The van der Waals surface area contributed by atoms with Crippen LogP contribution in [0.1, 0.15) is 18.1 Å². The predicted octanol–water partition coefficient (Wildman–Crippen LogP) is 3.02. The molecule has 2 rings (SSSR count). The van der Waals surface area contributed by atoms with Crippen molar-refractivity contribution in [2.45, 2.75) is 25.9 Å². The summed E-state index contributed by atoms with van der Waals surface area (Å²) >= 11 is 0. The van der Waals surface area contributed by atoms with Crippen LogP contribution in [0.2, 0.25) is 0 Å². The standard InChI is InChI=1S/C24H29NO5/c1-5-15-29-21-12-9-19(16-22(21)27-3)13-14-25-24(26)23(28-4)17-30-20-10-7-18(6-2)8-11-20/h1,7-12,16,23H,6,13-15,17H2,2-4H3,(H,25,26). The lowest BCUT2D eigenvalue weighted by Crippen LogP contribution is -2.40. The molecule has 1 amide bonds. The van der Waals surface area contributed by atoms with Crippen molar-refractivity contribution in [2.24, 2.45) is 0 Å². The third kappa shape index (κ3) is 7.02. The van der Waals surface area contributed by atoms with E-state index < -0.39 is 6.10 Å². The van der Waals surface area contributed by atoms with Gasteiger partial charge in [0, 0.05) is 13.7 Å². The first kappa shape index (κ1) is 23.1. The molecule has 0 spiro atoms. The number of nitrogens with one attached hydrogen (secondary N) is 1. The molecule has 1 unspecified atom stereocenters. The number of ether oxygens (including phenoxy) is 4. The Morgan fingerprint density at radius 1 is 1.07 bits per heavy atom. The maximum absolute atomic E-state index is 12.4. The van der Waals surface area contributed by atoms with Gasteiger partial charge in [0.1, 0.15) is 19.0 Å². The van der Waals surface area contributed by atoms with Crippen LogP contribution in [0.4, 0.5) is 0 Å². The molecule has 0 saturated heterocycles. The van der Waals surface area contributed by atoms with Crippen molar-refractivity contribution in [2.75, 3.05) is 34.0 Å². The number of aryl methyl sites for hydroxylation is 1. The Morgan fingerprint density at radius 2 is 1.80 bits per heavy atom. The maximum Gasteiger partial charge on any atom is 0.252 e. The first-order valence-corrected chi connectivity index (χ1v) is 9.86. The molecular formula is C24H29NO5. The van der Waals surface area contributed by atoms with Crippen LogP contribution in [0, 0.1) is 12.3 Å². The van der Waals surface area contributed by atoms with Gasteiger partial charge < -0.3 is 24.3 Å². The largest absolute Gasteiger partial charge is 0.493 e. The molecule has 0 saturated carbocycles. The fourth-order valence-electron chi connectivity index (χ4n) is 2.79. The molecule has 0 heterocycles. The van der Waals surface area contributed by atoms with Gasteiger partial charge in [0.15, 0.2) is 17.6 Å². The third-order valence-electron chi connectivity index (χ3n) is 4.56. The molecule has 0 aliphatic heterocycles. The summed E-state index contributed by atoms with van der Waals surface area (Å²) in [5, 5.41) is 2.88. The predicted molar refractivity (Wildman–Crippen MR) is 116 cm³/mol. The van der Waals surface area contributed by atoms with Gasteiger partial charge in [0.05, 0.1) is 7.11 Å². The fraction of sp³-hybridized carbons (Fsp3) is 0.375. The zero-order valence-electron chi connectivity index (χ0n) is 17.8. The Hall–Kier alpha value is -3.17. The van der Waals surface area contributed by atoms with Gasteiger partial charge in [0.2, 0.25) is 0 Å². The molecule has 0 aliphatic rings. The molecule has 0 aromatic heterocycles. The minimum atomic E-state index is -0.690. The van der Waals surface area contributed by atoms with Crippen LogP contribution >= 0.6 is 0 Å². The van der Waals surface area contributed by atoms with Crippen molar-refractivity contribution < 1.29 is 23.7 Å². The van der Waals surface area contributed by atoms with Crippen LogP contribution in [-0.4, -0.2) is 46.0 Å². The molecule has 2 aromatic carbocycles. The molecular weight excluding hydrogens is 382 g/mol. The van der Waals surface area contributed by atoms with Crippen molar-refractivity contribution in [1.82, 2.24) is 5.32 Å². The number of benzene rings is 2. The second kappa shape index (κ2) is 12.4. The molecule has 0 fully saturated rings. The molecule has 0 bridgehead atoms. The molecule has 6 nitrogen and oxygen atoms in total. The molecule has 0 radical (unpaired) electrons. The van der Waals surface area contributed by atoms with Crippen molar-refractivity contribution in [3.63, 3.8) is 0 Å². The van der Waals surface area contributed by atoms with Crippen LogP contribution < -0.4 is 19.5 Å². The maximum atomic E-state index is 12.4. The molecule has 1 atom stereocenters. The normalized spacial score (nSPS) is 11.3. The Balaban J connectivity index is 1.82. The topological polar surface area (TPSA) is 66.0 Å². The monoisotopic (exact) mass is 411 g/mol. The van der Waals surface area contributed by atoms with Crippen LogP contribution in [0.15, 0.2) is 42.5 Å². The van der Waals surface area contributed by atoms with Gasteiger partial charge >= 0.3 is 0 Å². The van der Waals surface area contributed by atoms with Crippen LogP contribution in [0.5, 0.6) is 17.2 Å². The van der Waals surface area contributed by atoms with Gasteiger partial charge in [-0.05, 0) is 48.2 Å². The SMILES string of the molecule is C#CCOc1ccc(CCNC(=O)C(COc2ccc(CC)cc2)OC)cc1OC. The van der Waals surface area contributed by atoms with Gasteiger partial charge in [-0.1, -0.05) is 31.0 Å². The average molecular weight is 411 g/mol. The number of hydrogen-bond acceptors (Lipinski definition) is 5. The molecule has 1 N–H and O–H groups in total. The first-order valence-electron chi connectivity index (χ1n) is 9.86. The van der Waals surface area contributed by atoms with E-state index in [0.717, 1.165) is 12.0 Å².